The van der Waals surface area contributed by atoms with E-state index in [1.807, 2.05) is 0 Å². The van der Waals surface area contributed by atoms with Gasteiger partial charge in [-0.2, -0.15) is 13.2 Å². The lowest BCUT2D eigenvalue weighted by Gasteiger charge is -2.32. The van der Waals surface area contributed by atoms with E-state index in [2.05, 4.69) is 25.4 Å². The molecule has 0 bridgehead atoms. The molecule has 0 aromatic carbocycles. The number of likely N-dealkylation sites (tertiary alicyclic amines) is 1. The summed E-state index contributed by atoms with van der Waals surface area (Å²) in [5, 5.41) is 6.84. The Labute approximate surface area is 169 Å². The molecule has 4 rings (SSSR count). The van der Waals surface area contributed by atoms with Crippen LogP contribution in [0.25, 0.3) is 11.3 Å². The summed E-state index contributed by atoms with van der Waals surface area (Å²) >= 11 is 0. The van der Waals surface area contributed by atoms with E-state index < -0.39 is 11.9 Å². The number of alkyl halides is 3. The molecule has 3 aromatic heterocycles. The topological polar surface area (TPSA) is 97.0 Å². The molecule has 8 nitrogen and oxygen atoms in total. The second-order valence-corrected chi connectivity index (χ2v) is 6.82. The average Bonchev–Trinajstić information content (AvgIpc) is 3.24. The number of halogens is 3. The van der Waals surface area contributed by atoms with E-state index in [9.17, 15) is 18.0 Å². The second kappa shape index (κ2) is 8.09. The first-order valence-electron chi connectivity index (χ1n) is 9.22. The van der Waals surface area contributed by atoms with Gasteiger partial charge in [-0.3, -0.25) is 9.78 Å². The van der Waals surface area contributed by atoms with Crippen LogP contribution in [0.3, 0.4) is 0 Å². The number of hydrogen-bond acceptors (Lipinski definition) is 7. The summed E-state index contributed by atoms with van der Waals surface area (Å²) < 4.78 is 43.6. The minimum atomic E-state index is -4.53. The molecule has 4 heterocycles. The summed E-state index contributed by atoms with van der Waals surface area (Å²) in [6, 6.07) is 5.91. The molecule has 156 valence electrons. The Morgan fingerprint density at radius 3 is 2.70 bits per heavy atom. The quantitative estimate of drug-likeness (QED) is 0.695. The van der Waals surface area contributed by atoms with Gasteiger partial charge in [0, 0.05) is 49.2 Å². The van der Waals surface area contributed by atoms with Gasteiger partial charge in [-0.1, -0.05) is 5.16 Å². The molecule has 0 aliphatic carbocycles. The summed E-state index contributed by atoms with van der Waals surface area (Å²) in [6.45, 7) is 0.867. The third-order valence-electron chi connectivity index (χ3n) is 4.77. The number of piperidine rings is 1. The molecule has 0 spiro atoms. The van der Waals surface area contributed by atoms with Gasteiger partial charge in [0.1, 0.15) is 17.8 Å². The number of anilines is 1. The molecule has 3 aromatic rings. The highest BCUT2D eigenvalue weighted by molar-refractivity contribution is 5.93. The number of hydrogen-bond donors (Lipinski definition) is 1. The normalized spacial score (nSPS) is 15.2. The van der Waals surface area contributed by atoms with E-state index >= 15 is 0 Å². The smallest absolute Gasteiger partial charge is 0.367 e. The van der Waals surface area contributed by atoms with Gasteiger partial charge >= 0.3 is 6.18 Å². The van der Waals surface area contributed by atoms with Crippen LogP contribution in [0.15, 0.2) is 47.5 Å². The Bertz CT molecular complexity index is 1020. The van der Waals surface area contributed by atoms with Crippen LogP contribution in [0.5, 0.6) is 0 Å². The van der Waals surface area contributed by atoms with Crippen LogP contribution in [0.4, 0.5) is 19.0 Å². The minimum Gasteiger partial charge on any atom is -0.367 e. The average molecular weight is 418 g/mol. The van der Waals surface area contributed by atoms with Gasteiger partial charge in [-0.05, 0) is 25.0 Å². The van der Waals surface area contributed by atoms with E-state index in [4.69, 9.17) is 4.52 Å². The van der Waals surface area contributed by atoms with E-state index in [-0.39, 0.29) is 23.5 Å². The van der Waals surface area contributed by atoms with Crippen LogP contribution in [-0.4, -0.2) is 50.0 Å². The maximum Gasteiger partial charge on any atom is 0.433 e. The molecule has 1 aliphatic rings. The zero-order chi connectivity index (χ0) is 21.1. The zero-order valence-electron chi connectivity index (χ0n) is 15.6. The predicted octanol–water partition coefficient (Wildman–Crippen LogP) is 3.26. The largest absolute Gasteiger partial charge is 0.433 e. The number of amides is 1. The standard InChI is InChI=1S/C19H17F3N6O2/c20-19(21,22)16-9-17(25-11-24-16)26-13-3-6-28(7-4-13)18(29)14-8-15(30-27-14)12-2-1-5-23-10-12/h1-2,5,8-11,13H,3-4,6-7H2,(H,24,25,26). The van der Waals surface area contributed by atoms with Crippen molar-refractivity contribution in [2.45, 2.75) is 25.1 Å². The monoisotopic (exact) mass is 418 g/mol. The molecule has 0 unspecified atom stereocenters. The summed E-state index contributed by atoms with van der Waals surface area (Å²) in [6.07, 6.45) is 0.725. The number of carbonyl (C=O) groups is 1. The van der Waals surface area contributed by atoms with Crippen LogP contribution >= 0.6 is 0 Å². The Kier molecular flexibility index (Phi) is 5.34. The van der Waals surface area contributed by atoms with Crippen molar-refractivity contribution in [1.82, 2.24) is 25.0 Å². The van der Waals surface area contributed by atoms with Crippen molar-refractivity contribution >= 4 is 11.7 Å². The van der Waals surface area contributed by atoms with E-state index in [1.54, 1.807) is 35.5 Å². The lowest BCUT2D eigenvalue weighted by Crippen LogP contribution is -2.42. The maximum atomic E-state index is 12.8. The van der Waals surface area contributed by atoms with Crippen molar-refractivity contribution in [3.8, 4) is 11.3 Å². The van der Waals surface area contributed by atoms with Crippen molar-refractivity contribution in [2.75, 3.05) is 18.4 Å². The van der Waals surface area contributed by atoms with Gasteiger partial charge in [0.15, 0.2) is 11.5 Å². The lowest BCUT2D eigenvalue weighted by atomic mass is 10.0. The Balaban J connectivity index is 1.35. The van der Waals surface area contributed by atoms with Gasteiger partial charge in [0.25, 0.3) is 5.91 Å². The summed E-state index contributed by atoms with van der Waals surface area (Å²) in [7, 11) is 0. The molecular formula is C19H17F3N6O2. The lowest BCUT2D eigenvalue weighted by molar-refractivity contribution is -0.141. The van der Waals surface area contributed by atoms with Gasteiger partial charge in [-0.15, -0.1) is 0 Å². The van der Waals surface area contributed by atoms with Gasteiger partial charge in [-0.25, -0.2) is 9.97 Å². The second-order valence-electron chi connectivity index (χ2n) is 6.82. The first-order valence-corrected chi connectivity index (χ1v) is 9.22. The molecule has 1 fully saturated rings. The van der Waals surface area contributed by atoms with E-state index in [0.29, 0.717) is 31.7 Å². The molecule has 0 atom stereocenters. The van der Waals surface area contributed by atoms with Crippen molar-refractivity contribution in [3.63, 3.8) is 0 Å². The Hall–Kier alpha value is -3.50. The van der Waals surface area contributed by atoms with Crippen LogP contribution < -0.4 is 5.32 Å². The van der Waals surface area contributed by atoms with Gasteiger partial charge < -0.3 is 14.7 Å². The highest BCUT2D eigenvalue weighted by Crippen LogP contribution is 2.28. The van der Waals surface area contributed by atoms with E-state index in [0.717, 1.165) is 18.0 Å². The number of rotatable bonds is 4. The van der Waals surface area contributed by atoms with Crippen molar-refractivity contribution in [2.24, 2.45) is 0 Å². The first-order chi connectivity index (χ1) is 14.4. The molecule has 30 heavy (non-hydrogen) atoms. The maximum absolute atomic E-state index is 12.8. The fraction of sp³-hybridized carbons (Fsp3) is 0.316. The van der Waals surface area contributed by atoms with E-state index in [1.165, 1.54) is 0 Å². The molecule has 0 radical (unpaired) electrons. The Morgan fingerprint density at radius 1 is 1.20 bits per heavy atom. The number of carbonyl (C=O) groups excluding carboxylic acids is 1. The summed E-state index contributed by atoms with van der Waals surface area (Å²) in [5.41, 5.74) is -0.0796. The fourth-order valence-corrected chi connectivity index (χ4v) is 3.21. The highest BCUT2D eigenvalue weighted by Gasteiger charge is 2.33. The van der Waals surface area contributed by atoms with Crippen LogP contribution in [0, 0.1) is 0 Å². The molecule has 1 aliphatic heterocycles. The molecular weight excluding hydrogens is 401 g/mol. The molecule has 1 N–H and O–H groups in total. The SMILES string of the molecule is O=C(c1cc(-c2cccnc2)on1)N1CCC(Nc2cc(C(F)(F)F)ncn2)CC1. The minimum absolute atomic E-state index is 0.103. The fourth-order valence-electron chi connectivity index (χ4n) is 3.21. The molecule has 1 amide bonds. The number of nitrogens with one attached hydrogen (secondary N) is 1. The van der Waals surface area contributed by atoms with Gasteiger partial charge in [0.2, 0.25) is 0 Å². The van der Waals surface area contributed by atoms with Crippen LogP contribution in [0.1, 0.15) is 29.0 Å². The van der Waals surface area contributed by atoms with Crippen LogP contribution in [0.2, 0.25) is 0 Å². The molecule has 1 saturated heterocycles. The highest BCUT2D eigenvalue weighted by atomic mass is 19.4. The third-order valence-corrected chi connectivity index (χ3v) is 4.77. The van der Waals surface area contributed by atoms with Crippen LogP contribution in [-0.2, 0) is 6.18 Å². The summed E-state index contributed by atoms with van der Waals surface area (Å²) in [5.74, 6) is 0.306. The number of nitrogens with zero attached hydrogens (tertiary/aromatic N) is 5. The molecule has 11 heteroatoms. The van der Waals surface area contributed by atoms with Gasteiger partial charge in [0.05, 0.1) is 0 Å². The number of aromatic nitrogens is 4. The molecule has 0 saturated carbocycles. The number of pyridine rings is 1. The zero-order valence-corrected chi connectivity index (χ0v) is 15.6. The first kappa shape index (κ1) is 19.8. The van der Waals surface area contributed by atoms with Crippen molar-refractivity contribution in [1.29, 1.82) is 0 Å². The Morgan fingerprint density at radius 2 is 2.00 bits per heavy atom. The van der Waals surface area contributed by atoms with Crippen molar-refractivity contribution in [3.05, 3.63) is 54.4 Å². The third kappa shape index (κ3) is 4.39. The van der Waals surface area contributed by atoms with Crippen molar-refractivity contribution < 1.29 is 22.5 Å². The predicted molar refractivity (Wildman–Crippen MR) is 99.3 cm³/mol. The summed E-state index contributed by atoms with van der Waals surface area (Å²) in [4.78, 5) is 25.4.